The molecule has 0 bridgehead atoms. The molecule has 0 aliphatic heterocycles. The van der Waals surface area contributed by atoms with Gasteiger partial charge in [-0.1, -0.05) is 30.3 Å². The van der Waals surface area contributed by atoms with Gasteiger partial charge in [0.25, 0.3) is 0 Å². The maximum atomic E-state index is 13.5. The van der Waals surface area contributed by atoms with Gasteiger partial charge in [0.2, 0.25) is 0 Å². The molecule has 18 heavy (non-hydrogen) atoms. The number of aliphatic imine (C=N–C) groups is 1. The number of nitrogens with two attached hydrogens (primary N) is 1. The van der Waals surface area contributed by atoms with Gasteiger partial charge in [0.1, 0.15) is 17.3 Å². The molecule has 0 unspecified atom stereocenters. The van der Waals surface area contributed by atoms with Crippen LogP contribution < -0.4 is 11.3 Å². The Morgan fingerprint density at radius 1 is 1.11 bits per heavy atom. The number of para-hydroxylation sites is 1. The lowest BCUT2D eigenvalue weighted by Crippen LogP contribution is -2.31. The molecule has 0 spiro atoms. The van der Waals surface area contributed by atoms with Gasteiger partial charge in [0.15, 0.2) is 0 Å². The molecular weight excluding hydrogens is 344 g/mol. The molecule has 5 heteroatoms. The van der Waals surface area contributed by atoms with Crippen molar-refractivity contribution in [2.45, 2.75) is 0 Å². The fraction of sp³-hybridized carbons (Fsp3) is 0. The van der Waals surface area contributed by atoms with Crippen molar-refractivity contribution in [3.05, 3.63) is 63.5 Å². The van der Waals surface area contributed by atoms with Crippen LogP contribution >= 0.6 is 22.6 Å². The van der Waals surface area contributed by atoms with E-state index in [1.807, 2.05) is 24.3 Å². The van der Waals surface area contributed by atoms with Gasteiger partial charge in [-0.3, -0.25) is 0 Å². The van der Waals surface area contributed by atoms with Crippen LogP contribution in [-0.4, -0.2) is 5.84 Å². The Morgan fingerprint density at radius 3 is 2.44 bits per heavy atom. The molecule has 0 radical (unpaired) electrons. The number of amidine groups is 1. The van der Waals surface area contributed by atoms with Gasteiger partial charge in [-0.15, -0.1) is 0 Å². The molecular formula is C13H11FIN3. The molecule has 2 rings (SSSR count). The number of benzene rings is 2. The lowest BCUT2D eigenvalue weighted by molar-refractivity contribution is 0.630. The molecule has 2 aromatic carbocycles. The first-order valence-electron chi connectivity index (χ1n) is 5.27. The second kappa shape index (κ2) is 5.92. The number of halogens is 2. The van der Waals surface area contributed by atoms with Crippen molar-refractivity contribution in [1.29, 1.82) is 0 Å². The number of hydrazine groups is 1. The highest BCUT2D eigenvalue weighted by atomic mass is 127. The standard InChI is InChI=1S/C13H11FIN3/c14-10-6-2-4-8-12(10)17-13(18-16)9-5-1-3-7-11(9)15/h1-8H,16H2,(H,17,18). The Labute approximate surface area is 118 Å². The van der Waals surface area contributed by atoms with Crippen molar-refractivity contribution in [2.24, 2.45) is 10.8 Å². The topological polar surface area (TPSA) is 50.4 Å². The van der Waals surface area contributed by atoms with Gasteiger partial charge in [0.05, 0.1) is 0 Å². The van der Waals surface area contributed by atoms with Crippen molar-refractivity contribution in [3.63, 3.8) is 0 Å². The van der Waals surface area contributed by atoms with Crippen molar-refractivity contribution in [2.75, 3.05) is 0 Å². The summed E-state index contributed by atoms with van der Waals surface area (Å²) in [6.45, 7) is 0. The fourth-order valence-corrected chi connectivity index (χ4v) is 2.13. The highest BCUT2D eigenvalue weighted by molar-refractivity contribution is 14.1. The maximum absolute atomic E-state index is 13.5. The van der Waals surface area contributed by atoms with Gasteiger partial charge in [-0.2, -0.15) is 0 Å². The summed E-state index contributed by atoms with van der Waals surface area (Å²) < 4.78 is 14.5. The molecule has 3 nitrogen and oxygen atoms in total. The second-order valence-corrected chi connectivity index (χ2v) is 4.70. The minimum atomic E-state index is -0.379. The van der Waals surface area contributed by atoms with E-state index >= 15 is 0 Å². The Hall–Kier alpha value is -1.47. The van der Waals surface area contributed by atoms with E-state index in [0.29, 0.717) is 5.84 Å². The first-order chi connectivity index (χ1) is 8.72. The number of hydrogen-bond donors (Lipinski definition) is 2. The third kappa shape index (κ3) is 2.85. The van der Waals surface area contributed by atoms with E-state index in [2.05, 4.69) is 33.0 Å². The molecule has 3 N–H and O–H groups in total. The number of nitrogens with zero attached hydrogens (tertiary/aromatic N) is 1. The number of nitrogens with one attached hydrogen (secondary N) is 1. The average molecular weight is 355 g/mol. The Bertz CT molecular complexity index is 584. The van der Waals surface area contributed by atoms with Crippen LogP contribution in [0.3, 0.4) is 0 Å². The first kappa shape index (κ1) is 13.0. The molecule has 0 saturated heterocycles. The zero-order valence-corrected chi connectivity index (χ0v) is 11.6. The van der Waals surface area contributed by atoms with E-state index in [1.54, 1.807) is 18.2 Å². The largest absolute Gasteiger partial charge is 0.308 e. The third-order valence-corrected chi connectivity index (χ3v) is 3.29. The molecule has 92 valence electrons. The van der Waals surface area contributed by atoms with Gasteiger partial charge in [-0.25, -0.2) is 15.2 Å². The maximum Gasteiger partial charge on any atom is 0.149 e. The minimum absolute atomic E-state index is 0.255. The Morgan fingerprint density at radius 2 is 1.78 bits per heavy atom. The van der Waals surface area contributed by atoms with Gasteiger partial charge in [-0.05, 0) is 40.8 Å². The van der Waals surface area contributed by atoms with Gasteiger partial charge >= 0.3 is 0 Å². The van der Waals surface area contributed by atoms with E-state index in [4.69, 9.17) is 5.84 Å². The van der Waals surface area contributed by atoms with E-state index in [0.717, 1.165) is 9.13 Å². The van der Waals surface area contributed by atoms with Crippen molar-refractivity contribution >= 4 is 34.1 Å². The van der Waals surface area contributed by atoms with Crippen LogP contribution in [0.2, 0.25) is 0 Å². The van der Waals surface area contributed by atoms with Crippen LogP contribution in [-0.2, 0) is 0 Å². The third-order valence-electron chi connectivity index (χ3n) is 2.35. The molecule has 0 aliphatic rings. The lowest BCUT2D eigenvalue weighted by Gasteiger charge is -2.08. The van der Waals surface area contributed by atoms with E-state index in [-0.39, 0.29) is 11.5 Å². The molecule has 0 aromatic heterocycles. The summed E-state index contributed by atoms with van der Waals surface area (Å²) in [6, 6.07) is 13.9. The monoisotopic (exact) mass is 355 g/mol. The summed E-state index contributed by atoms with van der Waals surface area (Å²) in [4.78, 5) is 4.21. The smallest absolute Gasteiger partial charge is 0.149 e. The number of hydrogen-bond acceptors (Lipinski definition) is 2. The van der Waals surface area contributed by atoms with Gasteiger partial charge in [0, 0.05) is 9.13 Å². The fourth-order valence-electron chi connectivity index (χ4n) is 1.49. The van der Waals surface area contributed by atoms with E-state index in [1.165, 1.54) is 6.07 Å². The number of rotatable bonds is 2. The lowest BCUT2D eigenvalue weighted by atomic mass is 10.2. The van der Waals surface area contributed by atoms with Crippen LogP contribution in [0.4, 0.5) is 10.1 Å². The molecule has 0 atom stereocenters. The van der Waals surface area contributed by atoms with Crippen LogP contribution in [0.25, 0.3) is 0 Å². The zero-order chi connectivity index (χ0) is 13.0. The summed E-state index contributed by atoms with van der Waals surface area (Å²) in [5.41, 5.74) is 3.61. The molecule has 0 saturated carbocycles. The first-order valence-corrected chi connectivity index (χ1v) is 6.35. The minimum Gasteiger partial charge on any atom is -0.308 e. The predicted octanol–water partition coefficient (Wildman–Crippen LogP) is 2.97. The van der Waals surface area contributed by atoms with Crippen molar-refractivity contribution in [3.8, 4) is 0 Å². The summed E-state index contributed by atoms with van der Waals surface area (Å²) in [7, 11) is 0. The summed E-state index contributed by atoms with van der Waals surface area (Å²) >= 11 is 2.18. The summed E-state index contributed by atoms with van der Waals surface area (Å²) in [6.07, 6.45) is 0. The second-order valence-electron chi connectivity index (χ2n) is 3.54. The predicted molar refractivity (Wildman–Crippen MR) is 79.1 cm³/mol. The summed E-state index contributed by atoms with van der Waals surface area (Å²) in [5.74, 6) is 5.52. The normalized spacial score (nSPS) is 11.4. The van der Waals surface area contributed by atoms with Crippen molar-refractivity contribution in [1.82, 2.24) is 5.43 Å². The molecule has 2 aromatic rings. The van der Waals surface area contributed by atoms with Crippen LogP contribution in [0, 0.1) is 9.39 Å². The van der Waals surface area contributed by atoms with E-state index < -0.39 is 0 Å². The highest BCUT2D eigenvalue weighted by Crippen LogP contribution is 2.19. The molecule has 0 aliphatic carbocycles. The van der Waals surface area contributed by atoms with Crippen molar-refractivity contribution < 1.29 is 4.39 Å². The zero-order valence-electron chi connectivity index (χ0n) is 9.40. The van der Waals surface area contributed by atoms with Crippen LogP contribution in [0.1, 0.15) is 5.56 Å². The Balaban J connectivity index is 2.47. The average Bonchev–Trinajstić information content (AvgIpc) is 2.39. The van der Waals surface area contributed by atoms with E-state index in [9.17, 15) is 4.39 Å². The van der Waals surface area contributed by atoms with Gasteiger partial charge < -0.3 is 5.43 Å². The highest BCUT2D eigenvalue weighted by Gasteiger charge is 2.07. The molecule has 0 heterocycles. The van der Waals surface area contributed by atoms with Crippen LogP contribution in [0.5, 0.6) is 0 Å². The summed E-state index contributed by atoms with van der Waals surface area (Å²) in [5, 5.41) is 0. The molecule has 0 amide bonds. The van der Waals surface area contributed by atoms with Crippen LogP contribution in [0.15, 0.2) is 53.5 Å². The quantitative estimate of drug-likeness (QED) is 0.286. The molecule has 0 fully saturated rings. The SMILES string of the molecule is NNC(=Nc1ccccc1F)c1ccccc1I. The Kier molecular flexibility index (Phi) is 4.27.